The highest BCUT2D eigenvalue weighted by molar-refractivity contribution is 8.00. The summed E-state index contributed by atoms with van der Waals surface area (Å²) in [5.74, 6) is -1.07. The monoisotopic (exact) mass is 498 g/mol. The molecule has 0 bridgehead atoms. The lowest BCUT2D eigenvalue weighted by Gasteiger charge is -2.22. The lowest BCUT2D eigenvalue weighted by Crippen LogP contribution is -2.35. The van der Waals surface area contributed by atoms with Crippen molar-refractivity contribution < 1.29 is 28.9 Å². The summed E-state index contributed by atoms with van der Waals surface area (Å²) in [6.45, 7) is 1.77. The number of aryl methyl sites for hydroxylation is 1. The van der Waals surface area contributed by atoms with E-state index < -0.39 is 17.4 Å². The number of aliphatic hydroxyl groups is 1. The summed E-state index contributed by atoms with van der Waals surface area (Å²) in [6, 6.07) is 12.9. The number of carboxylic acids is 1. The molecule has 2 heterocycles. The molecular weight excluding hydrogens is 479 g/mol. The van der Waals surface area contributed by atoms with E-state index in [0.29, 0.717) is 16.6 Å². The smallest absolute Gasteiger partial charge is 0.346 e. The van der Waals surface area contributed by atoms with Crippen LogP contribution in [0.5, 0.6) is 5.75 Å². The molecule has 2 N–H and O–H groups in total. The molecule has 0 aliphatic heterocycles. The van der Waals surface area contributed by atoms with Crippen LogP contribution in [0.15, 0.2) is 59.6 Å². The third kappa shape index (κ3) is 4.52. The van der Waals surface area contributed by atoms with Gasteiger partial charge in [-0.3, -0.25) is 4.79 Å². The number of nitrogens with zero attached hydrogens (tertiary/aromatic N) is 2. The first-order chi connectivity index (χ1) is 16.2. The number of methoxy groups -OCH3 is 1. The second-order valence-electron chi connectivity index (χ2n) is 7.36. The average molecular weight is 499 g/mol. The highest BCUT2D eigenvalue weighted by Crippen LogP contribution is 2.36. The minimum Gasteiger partial charge on any atom is -0.497 e. The number of halogens is 1. The average Bonchev–Trinajstić information content (AvgIpc) is 3.32. The van der Waals surface area contributed by atoms with Crippen LogP contribution in [-0.2, 0) is 10.4 Å². The van der Waals surface area contributed by atoms with Gasteiger partial charge >= 0.3 is 5.97 Å². The van der Waals surface area contributed by atoms with Gasteiger partial charge < -0.3 is 14.9 Å². The summed E-state index contributed by atoms with van der Waals surface area (Å²) in [7, 11) is 1.56. The molecule has 0 amide bonds. The Balaban J connectivity index is 1.58. The van der Waals surface area contributed by atoms with Crippen molar-refractivity contribution in [2.45, 2.75) is 17.6 Å². The molecule has 1 unspecified atom stereocenters. The SMILES string of the molecule is COc1ccc2nc(C)nc(SCC(=O)c3ccc(C(O)(C(=O)O)c4ccc(F)cc4)s3)c2c1. The fourth-order valence-corrected chi connectivity index (χ4v) is 5.46. The zero-order valence-electron chi connectivity index (χ0n) is 18.1. The van der Waals surface area contributed by atoms with Crippen molar-refractivity contribution in [3.05, 3.63) is 81.6 Å². The fourth-order valence-electron chi connectivity index (χ4n) is 3.38. The number of carboxylic acid groups (broad SMARTS) is 1. The minimum absolute atomic E-state index is 0.00602. The molecule has 10 heteroatoms. The molecule has 0 fully saturated rings. The van der Waals surface area contributed by atoms with Crippen LogP contribution in [0.3, 0.4) is 0 Å². The molecule has 4 aromatic rings. The summed E-state index contributed by atoms with van der Waals surface area (Å²) in [4.78, 5) is 34.1. The van der Waals surface area contributed by atoms with E-state index in [4.69, 9.17) is 4.74 Å². The largest absolute Gasteiger partial charge is 0.497 e. The fraction of sp³-hybridized carbons (Fsp3) is 0.167. The molecule has 2 aromatic carbocycles. The van der Waals surface area contributed by atoms with Gasteiger partial charge in [0, 0.05) is 10.9 Å². The van der Waals surface area contributed by atoms with Gasteiger partial charge in [0.1, 0.15) is 22.4 Å². The number of aliphatic carboxylic acids is 1. The van der Waals surface area contributed by atoms with Crippen LogP contribution in [0.4, 0.5) is 4.39 Å². The third-order valence-corrected chi connectivity index (χ3v) is 7.35. The van der Waals surface area contributed by atoms with Crippen molar-refractivity contribution >= 4 is 45.8 Å². The van der Waals surface area contributed by atoms with Crippen LogP contribution < -0.4 is 4.74 Å². The summed E-state index contributed by atoms with van der Waals surface area (Å²) in [5, 5.41) is 22.1. The number of ether oxygens (including phenoxy) is 1. The first kappa shape index (κ1) is 23.8. The van der Waals surface area contributed by atoms with Gasteiger partial charge in [-0.25, -0.2) is 19.2 Å². The van der Waals surface area contributed by atoms with E-state index in [1.54, 1.807) is 26.2 Å². The van der Waals surface area contributed by atoms with Gasteiger partial charge in [-0.2, -0.15) is 0 Å². The highest BCUT2D eigenvalue weighted by atomic mass is 32.2. The number of fused-ring (bicyclic) bond motifs is 1. The van der Waals surface area contributed by atoms with Crippen molar-refractivity contribution in [1.82, 2.24) is 9.97 Å². The van der Waals surface area contributed by atoms with Crippen molar-refractivity contribution in [2.24, 2.45) is 0 Å². The molecule has 1 atom stereocenters. The minimum atomic E-state index is -2.40. The predicted octanol–water partition coefficient (Wildman–Crippen LogP) is 4.44. The Hall–Kier alpha value is -3.34. The first-order valence-corrected chi connectivity index (χ1v) is 11.8. The van der Waals surface area contributed by atoms with Crippen LogP contribution >= 0.6 is 23.1 Å². The lowest BCUT2D eigenvalue weighted by atomic mass is 9.92. The van der Waals surface area contributed by atoms with Crippen LogP contribution in [0.1, 0.15) is 25.9 Å². The van der Waals surface area contributed by atoms with E-state index in [-0.39, 0.29) is 26.9 Å². The molecule has 0 saturated heterocycles. The number of thiophene rings is 1. The van der Waals surface area contributed by atoms with Crippen LogP contribution in [0.25, 0.3) is 10.9 Å². The Bertz CT molecular complexity index is 1390. The quantitative estimate of drug-likeness (QED) is 0.208. The Morgan fingerprint density at radius 2 is 1.85 bits per heavy atom. The molecule has 0 saturated carbocycles. The predicted molar refractivity (Wildman–Crippen MR) is 127 cm³/mol. The Morgan fingerprint density at radius 1 is 1.12 bits per heavy atom. The number of ketones is 1. The molecule has 0 spiro atoms. The van der Waals surface area contributed by atoms with Gasteiger partial charge in [0.2, 0.25) is 5.60 Å². The first-order valence-electron chi connectivity index (χ1n) is 10.0. The summed E-state index contributed by atoms with van der Waals surface area (Å²) in [6.07, 6.45) is 0. The van der Waals surface area contributed by atoms with Crippen LogP contribution in [0.2, 0.25) is 0 Å². The number of Topliss-reactive ketones (excluding diaryl/α,β-unsaturated/α-hetero) is 1. The number of rotatable bonds is 8. The highest BCUT2D eigenvalue weighted by Gasteiger charge is 2.42. The van der Waals surface area contributed by atoms with E-state index in [2.05, 4.69) is 9.97 Å². The number of hydrogen-bond donors (Lipinski definition) is 2. The number of benzene rings is 2. The van der Waals surface area contributed by atoms with Crippen molar-refractivity contribution in [1.29, 1.82) is 0 Å². The zero-order chi connectivity index (χ0) is 24.5. The topological polar surface area (TPSA) is 110 Å². The maximum Gasteiger partial charge on any atom is 0.346 e. The second kappa shape index (κ2) is 9.49. The Labute approximate surface area is 202 Å². The lowest BCUT2D eigenvalue weighted by molar-refractivity contribution is -0.154. The molecule has 7 nitrogen and oxygen atoms in total. The molecule has 2 aromatic heterocycles. The number of aromatic nitrogens is 2. The third-order valence-electron chi connectivity index (χ3n) is 5.13. The van der Waals surface area contributed by atoms with Gasteiger partial charge in [-0.1, -0.05) is 23.9 Å². The zero-order valence-corrected chi connectivity index (χ0v) is 19.7. The number of carbonyl (C=O) groups is 2. The van der Waals surface area contributed by atoms with Gasteiger partial charge in [0.15, 0.2) is 5.78 Å². The summed E-state index contributed by atoms with van der Waals surface area (Å²) >= 11 is 2.12. The second-order valence-corrected chi connectivity index (χ2v) is 9.41. The Morgan fingerprint density at radius 3 is 2.53 bits per heavy atom. The van der Waals surface area contributed by atoms with Gasteiger partial charge in [-0.15, -0.1) is 11.3 Å². The maximum absolute atomic E-state index is 13.3. The summed E-state index contributed by atoms with van der Waals surface area (Å²) < 4.78 is 18.6. The van der Waals surface area contributed by atoms with E-state index in [1.807, 2.05) is 6.07 Å². The van der Waals surface area contributed by atoms with Crippen molar-refractivity contribution in [2.75, 3.05) is 12.9 Å². The van der Waals surface area contributed by atoms with Crippen LogP contribution in [0, 0.1) is 12.7 Å². The maximum atomic E-state index is 13.3. The molecular formula is C24H19FN2O5S2. The molecule has 34 heavy (non-hydrogen) atoms. The summed E-state index contributed by atoms with van der Waals surface area (Å²) in [5.41, 5.74) is -1.68. The van der Waals surface area contributed by atoms with E-state index in [9.17, 15) is 24.2 Å². The van der Waals surface area contributed by atoms with Crippen LogP contribution in [-0.4, -0.2) is 44.8 Å². The Kier molecular flexibility index (Phi) is 6.65. The molecule has 0 aliphatic carbocycles. The number of carbonyl (C=O) groups excluding carboxylic acids is 1. The molecule has 174 valence electrons. The van der Waals surface area contributed by atoms with E-state index >= 15 is 0 Å². The van der Waals surface area contributed by atoms with E-state index in [0.717, 1.165) is 34.4 Å². The number of thioether (sulfide) groups is 1. The standard InChI is InChI=1S/C24H19FN2O5S2/c1-13-26-18-8-7-16(32-2)11-17(18)22(27-13)33-12-19(28)20-9-10-21(34-20)24(31,23(29)30)14-3-5-15(25)6-4-14/h3-11,31H,12H2,1-2H3,(H,29,30). The van der Waals surface area contributed by atoms with Gasteiger partial charge in [-0.05, 0) is 49.4 Å². The molecule has 0 aliphatic rings. The molecule has 0 radical (unpaired) electrons. The normalized spacial score (nSPS) is 12.9. The van der Waals surface area contributed by atoms with Crippen molar-refractivity contribution in [3.63, 3.8) is 0 Å². The van der Waals surface area contributed by atoms with E-state index in [1.165, 1.54) is 36.0 Å². The van der Waals surface area contributed by atoms with Gasteiger partial charge in [0.05, 0.1) is 28.1 Å². The number of hydrogen-bond acceptors (Lipinski definition) is 8. The van der Waals surface area contributed by atoms with Crippen molar-refractivity contribution in [3.8, 4) is 5.75 Å². The molecule has 4 rings (SSSR count). The van der Waals surface area contributed by atoms with Gasteiger partial charge in [0.25, 0.3) is 0 Å².